The molecule has 0 aliphatic carbocycles. The number of aromatic nitrogens is 1. The number of hydrogen-bond acceptors (Lipinski definition) is 4. The molecule has 0 saturated carbocycles. The van der Waals surface area contributed by atoms with Gasteiger partial charge in [-0.2, -0.15) is 0 Å². The van der Waals surface area contributed by atoms with Crippen molar-refractivity contribution in [2.24, 2.45) is 0 Å². The molecule has 2 aliphatic heterocycles. The average molecular weight is 430 g/mol. The van der Waals surface area contributed by atoms with E-state index in [9.17, 15) is 9.59 Å². The van der Waals surface area contributed by atoms with E-state index in [1.807, 2.05) is 23.1 Å². The molecule has 6 nitrogen and oxygen atoms in total. The van der Waals surface area contributed by atoms with Gasteiger partial charge in [-0.3, -0.25) is 14.6 Å². The topological polar surface area (TPSA) is 62.7 Å². The van der Waals surface area contributed by atoms with Crippen LogP contribution in [0.1, 0.15) is 39.1 Å². The van der Waals surface area contributed by atoms with Gasteiger partial charge in [-0.25, -0.2) is 0 Å². The Labute approximate surface area is 166 Å². The quantitative estimate of drug-likeness (QED) is 0.735. The molecule has 1 fully saturated rings. The summed E-state index contributed by atoms with van der Waals surface area (Å²) in [5.41, 5.74) is 2.03. The third-order valence-electron chi connectivity index (χ3n) is 4.92. The molecular formula is C20H20BrN3O3. The Hall–Kier alpha value is -2.41. The predicted octanol–water partition coefficient (Wildman–Crippen LogP) is 3.11. The zero-order chi connectivity index (χ0) is 18.8. The molecule has 2 aliphatic rings. The number of ether oxygens (including phenoxy) is 1. The summed E-state index contributed by atoms with van der Waals surface area (Å²) >= 11 is 3.35. The molecule has 4 rings (SSSR count). The fraction of sp³-hybridized carbons (Fsp3) is 0.350. The second kappa shape index (κ2) is 7.68. The number of rotatable bonds is 2. The molecule has 2 amide bonds. The number of benzene rings is 1. The number of pyridine rings is 1. The van der Waals surface area contributed by atoms with Crippen LogP contribution in [0.25, 0.3) is 0 Å². The van der Waals surface area contributed by atoms with Crippen LogP contribution in [0.3, 0.4) is 0 Å². The van der Waals surface area contributed by atoms with E-state index in [4.69, 9.17) is 4.74 Å². The van der Waals surface area contributed by atoms with E-state index < -0.39 is 0 Å². The highest BCUT2D eigenvalue weighted by atomic mass is 79.9. The standard InChI is InChI=1S/C20H20BrN3O3/c21-17-10-15(11-22-12-17)20(26)24-7-8-27-18-4-3-14(9-16(18)13-24)19(25)23-5-1-2-6-23/h3-4,9-12H,1-2,5-8,13H2. The highest BCUT2D eigenvalue weighted by Gasteiger charge is 2.24. The first-order chi connectivity index (χ1) is 13.1. The first kappa shape index (κ1) is 18.0. The van der Waals surface area contributed by atoms with Crippen LogP contribution in [0, 0.1) is 0 Å². The zero-order valence-corrected chi connectivity index (χ0v) is 16.4. The normalized spacial score (nSPS) is 16.5. The van der Waals surface area contributed by atoms with Crippen LogP contribution in [0.5, 0.6) is 5.75 Å². The van der Waals surface area contributed by atoms with Gasteiger partial charge in [-0.15, -0.1) is 0 Å². The number of carbonyl (C=O) groups excluding carboxylic acids is 2. The number of amides is 2. The Morgan fingerprint density at radius 1 is 0.963 bits per heavy atom. The Morgan fingerprint density at radius 3 is 2.52 bits per heavy atom. The summed E-state index contributed by atoms with van der Waals surface area (Å²) in [4.78, 5) is 33.3. The van der Waals surface area contributed by atoms with Gasteiger partial charge in [0.15, 0.2) is 0 Å². The van der Waals surface area contributed by atoms with E-state index in [2.05, 4.69) is 20.9 Å². The summed E-state index contributed by atoms with van der Waals surface area (Å²) in [6.07, 6.45) is 5.33. The highest BCUT2D eigenvalue weighted by Crippen LogP contribution is 2.26. The first-order valence-corrected chi connectivity index (χ1v) is 9.86. The van der Waals surface area contributed by atoms with Crippen LogP contribution in [0.2, 0.25) is 0 Å². The minimum Gasteiger partial charge on any atom is -0.491 e. The van der Waals surface area contributed by atoms with Crippen molar-refractivity contribution in [1.82, 2.24) is 14.8 Å². The number of hydrogen-bond donors (Lipinski definition) is 0. The van der Waals surface area contributed by atoms with E-state index in [0.29, 0.717) is 30.8 Å². The van der Waals surface area contributed by atoms with E-state index >= 15 is 0 Å². The molecule has 0 N–H and O–H groups in total. The minimum absolute atomic E-state index is 0.0496. The Kier molecular flexibility index (Phi) is 5.11. The lowest BCUT2D eigenvalue weighted by Crippen LogP contribution is -2.32. The van der Waals surface area contributed by atoms with Crippen molar-refractivity contribution in [3.05, 3.63) is 57.8 Å². The second-order valence-corrected chi connectivity index (χ2v) is 7.70. The number of carbonyl (C=O) groups is 2. The van der Waals surface area contributed by atoms with Gasteiger partial charge in [0.25, 0.3) is 11.8 Å². The van der Waals surface area contributed by atoms with E-state index in [1.165, 1.54) is 0 Å². The van der Waals surface area contributed by atoms with E-state index in [-0.39, 0.29) is 11.8 Å². The lowest BCUT2D eigenvalue weighted by atomic mass is 10.1. The van der Waals surface area contributed by atoms with Crippen LogP contribution in [0.15, 0.2) is 41.1 Å². The summed E-state index contributed by atoms with van der Waals surface area (Å²) in [6, 6.07) is 7.28. The monoisotopic (exact) mass is 429 g/mol. The van der Waals surface area contributed by atoms with Gasteiger partial charge in [-0.05, 0) is 53.0 Å². The molecule has 1 aromatic heterocycles. The van der Waals surface area contributed by atoms with Crippen molar-refractivity contribution >= 4 is 27.7 Å². The zero-order valence-electron chi connectivity index (χ0n) is 14.9. The van der Waals surface area contributed by atoms with E-state index in [1.54, 1.807) is 23.4 Å². The summed E-state index contributed by atoms with van der Waals surface area (Å²) in [5.74, 6) is 0.681. The summed E-state index contributed by atoms with van der Waals surface area (Å²) in [5, 5.41) is 0. The summed E-state index contributed by atoms with van der Waals surface area (Å²) < 4.78 is 6.57. The molecule has 1 aromatic carbocycles. The largest absolute Gasteiger partial charge is 0.491 e. The van der Waals surface area contributed by atoms with Gasteiger partial charge in [0.05, 0.1) is 12.1 Å². The molecule has 27 heavy (non-hydrogen) atoms. The Morgan fingerprint density at radius 2 is 1.74 bits per heavy atom. The van der Waals surface area contributed by atoms with Gasteiger partial charge in [-0.1, -0.05) is 0 Å². The summed E-state index contributed by atoms with van der Waals surface area (Å²) in [7, 11) is 0. The van der Waals surface area contributed by atoms with Crippen LogP contribution >= 0.6 is 15.9 Å². The molecule has 0 radical (unpaired) electrons. The molecule has 0 unspecified atom stereocenters. The van der Waals surface area contributed by atoms with Gasteiger partial charge in [0, 0.05) is 47.6 Å². The fourth-order valence-electron chi connectivity index (χ4n) is 3.51. The van der Waals surface area contributed by atoms with Gasteiger partial charge in [0.1, 0.15) is 12.4 Å². The van der Waals surface area contributed by atoms with Crippen molar-refractivity contribution in [2.75, 3.05) is 26.2 Å². The second-order valence-electron chi connectivity index (χ2n) is 6.79. The molecule has 140 valence electrons. The maximum absolute atomic E-state index is 12.9. The smallest absolute Gasteiger partial charge is 0.255 e. The lowest BCUT2D eigenvalue weighted by Gasteiger charge is -2.20. The minimum atomic E-state index is -0.100. The van der Waals surface area contributed by atoms with Crippen molar-refractivity contribution in [3.8, 4) is 5.75 Å². The van der Waals surface area contributed by atoms with Crippen LogP contribution < -0.4 is 4.74 Å². The van der Waals surface area contributed by atoms with Crippen molar-refractivity contribution in [1.29, 1.82) is 0 Å². The highest BCUT2D eigenvalue weighted by molar-refractivity contribution is 9.10. The predicted molar refractivity (Wildman–Crippen MR) is 104 cm³/mol. The maximum atomic E-state index is 12.9. The molecular weight excluding hydrogens is 410 g/mol. The van der Waals surface area contributed by atoms with Gasteiger partial charge >= 0.3 is 0 Å². The van der Waals surface area contributed by atoms with Crippen molar-refractivity contribution < 1.29 is 14.3 Å². The number of nitrogens with zero attached hydrogens (tertiary/aromatic N) is 3. The molecule has 2 aromatic rings. The average Bonchev–Trinajstić information content (AvgIpc) is 3.13. The molecule has 1 saturated heterocycles. The number of fused-ring (bicyclic) bond motifs is 1. The molecule has 0 spiro atoms. The van der Waals surface area contributed by atoms with Crippen LogP contribution in [-0.2, 0) is 6.54 Å². The molecule has 0 atom stereocenters. The Bertz CT molecular complexity index is 881. The van der Waals surface area contributed by atoms with Gasteiger partial charge < -0.3 is 14.5 Å². The first-order valence-electron chi connectivity index (χ1n) is 9.06. The molecule has 3 heterocycles. The van der Waals surface area contributed by atoms with E-state index in [0.717, 1.165) is 41.7 Å². The van der Waals surface area contributed by atoms with Crippen molar-refractivity contribution in [3.63, 3.8) is 0 Å². The third-order valence-corrected chi connectivity index (χ3v) is 5.35. The SMILES string of the molecule is O=C(c1ccc2c(c1)CN(C(=O)c1cncc(Br)c1)CCO2)N1CCCC1. The fourth-order valence-corrected chi connectivity index (χ4v) is 3.88. The number of halogens is 1. The third kappa shape index (κ3) is 3.83. The molecule has 0 bridgehead atoms. The van der Waals surface area contributed by atoms with Crippen LogP contribution in [0.4, 0.5) is 0 Å². The maximum Gasteiger partial charge on any atom is 0.255 e. The summed E-state index contributed by atoms with van der Waals surface area (Å²) in [6.45, 7) is 2.93. The van der Waals surface area contributed by atoms with Gasteiger partial charge in [0.2, 0.25) is 0 Å². The lowest BCUT2D eigenvalue weighted by molar-refractivity contribution is 0.0732. The Balaban J connectivity index is 1.58. The molecule has 7 heteroatoms. The van der Waals surface area contributed by atoms with Crippen LogP contribution in [-0.4, -0.2) is 52.8 Å². The number of likely N-dealkylation sites (tertiary alicyclic amines) is 1. The van der Waals surface area contributed by atoms with Crippen molar-refractivity contribution in [2.45, 2.75) is 19.4 Å².